The van der Waals surface area contributed by atoms with Gasteiger partial charge in [0.2, 0.25) is 5.88 Å². The molecule has 0 saturated heterocycles. The van der Waals surface area contributed by atoms with Crippen molar-refractivity contribution >= 4 is 34.8 Å². The van der Waals surface area contributed by atoms with Crippen LogP contribution in [0.2, 0.25) is 15.1 Å². The van der Waals surface area contributed by atoms with Crippen molar-refractivity contribution in [3.63, 3.8) is 0 Å². The van der Waals surface area contributed by atoms with E-state index in [9.17, 15) is 9.59 Å². The highest BCUT2D eigenvalue weighted by atomic mass is 35.5. The Morgan fingerprint density at radius 3 is 2.30 bits per heavy atom. The summed E-state index contributed by atoms with van der Waals surface area (Å²) in [6.45, 7) is 0. The Morgan fingerprint density at radius 1 is 1.00 bits per heavy atom. The van der Waals surface area contributed by atoms with Crippen molar-refractivity contribution < 1.29 is 4.74 Å². The number of benzene rings is 1. The van der Waals surface area contributed by atoms with Crippen LogP contribution in [0.5, 0.6) is 11.6 Å². The number of hydrogen-bond donors (Lipinski definition) is 0. The van der Waals surface area contributed by atoms with Gasteiger partial charge in [-0.05, 0) is 12.1 Å². The summed E-state index contributed by atoms with van der Waals surface area (Å²) in [5.74, 6) is 0.253. The van der Waals surface area contributed by atoms with Crippen molar-refractivity contribution in [2.45, 2.75) is 0 Å². The molecule has 0 aliphatic heterocycles. The standard InChI is InChI=1S/C12H9Cl3N2O3/c1-16-8(18)5-9(17(2)12(16)19)20-7-4-3-6(13)10(14)11(7)15/h3-5H,1-2H3. The van der Waals surface area contributed by atoms with E-state index in [0.717, 1.165) is 4.57 Å². The lowest BCUT2D eigenvalue weighted by Gasteiger charge is -2.12. The number of halogens is 3. The molecule has 0 aliphatic carbocycles. The summed E-state index contributed by atoms with van der Waals surface area (Å²) < 4.78 is 7.61. The number of ether oxygens (including phenoxy) is 1. The third-order valence-electron chi connectivity index (χ3n) is 2.70. The molecule has 1 aromatic carbocycles. The van der Waals surface area contributed by atoms with E-state index in [0.29, 0.717) is 0 Å². The molecule has 0 radical (unpaired) electrons. The highest BCUT2D eigenvalue weighted by Crippen LogP contribution is 2.38. The van der Waals surface area contributed by atoms with E-state index in [1.54, 1.807) is 0 Å². The van der Waals surface area contributed by atoms with Gasteiger partial charge in [-0.2, -0.15) is 0 Å². The molecule has 5 nitrogen and oxygen atoms in total. The van der Waals surface area contributed by atoms with Crippen LogP contribution in [0.4, 0.5) is 0 Å². The highest BCUT2D eigenvalue weighted by Gasteiger charge is 2.13. The zero-order valence-electron chi connectivity index (χ0n) is 10.5. The van der Waals surface area contributed by atoms with Crippen LogP contribution in [0.1, 0.15) is 0 Å². The van der Waals surface area contributed by atoms with Gasteiger partial charge in [0.25, 0.3) is 5.56 Å². The first-order valence-electron chi connectivity index (χ1n) is 5.41. The Balaban J connectivity index is 2.54. The van der Waals surface area contributed by atoms with E-state index in [1.165, 1.54) is 36.9 Å². The molecular formula is C12H9Cl3N2O3. The van der Waals surface area contributed by atoms with Crippen molar-refractivity contribution in [1.29, 1.82) is 0 Å². The molecule has 0 saturated carbocycles. The first-order valence-corrected chi connectivity index (χ1v) is 6.54. The molecule has 8 heteroatoms. The molecule has 0 atom stereocenters. The monoisotopic (exact) mass is 334 g/mol. The van der Waals surface area contributed by atoms with E-state index >= 15 is 0 Å². The fourth-order valence-electron chi connectivity index (χ4n) is 1.51. The molecule has 0 spiro atoms. The molecule has 0 bridgehead atoms. The molecule has 2 aromatic rings. The van der Waals surface area contributed by atoms with Crippen LogP contribution in [-0.2, 0) is 14.1 Å². The van der Waals surface area contributed by atoms with Crippen LogP contribution in [0, 0.1) is 0 Å². The summed E-state index contributed by atoms with van der Waals surface area (Å²) in [7, 11) is 2.85. The van der Waals surface area contributed by atoms with Crippen LogP contribution in [-0.4, -0.2) is 9.13 Å². The van der Waals surface area contributed by atoms with Crippen molar-refractivity contribution in [2.75, 3.05) is 0 Å². The minimum Gasteiger partial charge on any atom is -0.439 e. The Bertz CT molecular complexity index is 796. The van der Waals surface area contributed by atoms with Gasteiger partial charge in [-0.15, -0.1) is 0 Å². The molecule has 2 rings (SSSR count). The van der Waals surface area contributed by atoms with Gasteiger partial charge in [-0.25, -0.2) is 4.79 Å². The van der Waals surface area contributed by atoms with Crippen molar-refractivity contribution in [3.8, 4) is 11.6 Å². The zero-order chi connectivity index (χ0) is 15.0. The Hall–Kier alpha value is -1.43. The fourth-order valence-corrected chi connectivity index (χ4v) is 2.08. The molecule has 0 aliphatic rings. The second-order valence-electron chi connectivity index (χ2n) is 4.00. The van der Waals surface area contributed by atoms with E-state index in [2.05, 4.69) is 0 Å². The molecule has 0 amide bonds. The Morgan fingerprint density at radius 2 is 1.65 bits per heavy atom. The number of hydrogen-bond acceptors (Lipinski definition) is 3. The fraction of sp³-hybridized carbons (Fsp3) is 0.167. The predicted octanol–water partition coefficient (Wildman–Crippen LogP) is 2.84. The maximum atomic E-state index is 11.8. The topological polar surface area (TPSA) is 53.2 Å². The van der Waals surface area contributed by atoms with Crippen molar-refractivity contribution in [3.05, 3.63) is 54.1 Å². The Kier molecular flexibility index (Phi) is 4.13. The summed E-state index contributed by atoms with van der Waals surface area (Å²) in [5, 5.41) is 0.522. The number of aromatic nitrogens is 2. The van der Waals surface area contributed by atoms with E-state index < -0.39 is 11.2 Å². The smallest absolute Gasteiger partial charge is 0.333 e. The largest absolute Gasteiger partial charge is 0.439 e. The highest BCUT2D eigenvalue weighted by molar-refractivity contribution is 6.48. The van der Waals surface area contributed by atoms with Crippen LogP contribution in [0.3, 0.4) is 0 Å². The van der Waals surface area contributed by atoms with Crippen LogP contribution in [0.15, 0.2) is 27.8 Å². The first-order chi connectivity index (χ1) is 9.32. The molecule has 1 heterocycles. The third-order valence-corrected chi connectivity index (χ3v) is 3.97. The van der Waals surface area contributed by atoms with Crippen LogP contribution in [0.25, 0.3) is 0 Å². The summed E-state index contributed by atoms with van der Waals surface area (Å²) in [4.78, 5) is 23.4. The average molecular weight is 336 g/mol. The van der Waals surface area contributed by atoms with E-state index in [-0.39, 0.29) is 26.7 Å². The Labute approximate surface area is 128 Å². The number of nitrogens with zero attached hydrogens (tertiary/aromatic N) is 2. The second kappa shape index (κ2) is 5.52. The van der Waals surface area contributed by atoms with Gasteiger partial charge >= 0.3 is 5.69 Å². The summed E-state index contributed by atoms with van der Waals surface area (Å²) >= 11 is 17.7. The quantitative estimate of drug-likeness (QED) is 0.793. The van der Waals surface area contributed by atoms with E-state index in [4.69, 9.17) is 39.5 Å². The van der Waals surface area contributed by atoms with Gasteiger partial charge in [0.15, 0.2) is 0 Å². The van der Waals surface area contributed by atoms with Gasteiger partial charge in [-0.3, -0.25) is 13.9 Å². The summed E-state index contributed by atoms with van der Waals surface area (Å²) in [5.41, 5.74) is -0.997. The minimum atomic E-state index is -0.510. The molecule has 1 aromatic heterocycles. The molecule has 0 unspecified atom stereocenters. The molecular weight excluding hydrogens is 327 g/mol. The van der Waals surface area contributed by atoms with Crippen LogP contribution < -0.4 is 16.0 Å². The van der Waals surface area contributed by atoms with Crippen molar-refractivity contribution in [2.24, 2.45) is 14.1 Å². The predicted molar refractivity (Wildman–Crippen MR) is 78.5 cm³/mol. The van der Waals surface area contributed by atoms with Gasteiger partial charge in [0.1, 0.15) is 10.8 Å². The summed E-state index contributed by atoms with van der Waals surface area (Å²) in [6.07, 6.45) is 0. The van der Waals surface area contributed by atoms with E-state index in [1.807, 2.05) is 0 Å². The number of rotatable bonds is 2. The lowest BCUT2D eigenvalue weighted by Crippen LogP contribution is -2.36. The minimum absolute atomic E-state index is 0.0541. The zero-order valence-corrected chi connectivity index (χ0v) is 12.8. The van der Waals surface area contributed by atoms with Gasteiger partial charge in [0.05, 0.1) is 16.1 Å². The SMILES string of the molecule is Cn1c(Oc2ccc(Cl)c(Cl)c2Cl)cc(=O)n(C)c1=O. The molecule has 20 heavy (non-hydrogen) atoms. The first kappa shape index (κ1) is 15.0. The lowest BCUT2D eigenvalue weighted by atomic mass is 10.3. The summed E-state index contributed by atoms with van der Waals surface area (Å²) in [6, 6.07) is 4.18. The van der Waals surface area contributed by atoms with Gasteiger partial charge < -0.3 is 4.74 Å². The van der Waals surface area contributed by atoms with Crippen molar-refractivity contribution in [1.82, 2.24) is 9.13 Å². The maximum absolute atomic E-state index is 11.8. The molecule has 106 valence electrons. The van der Waals surface area contributed by atoms with Gasteiger partial charge in [-0.1, -0.05) is 34.8 Å². The normalized spacial score (nSPS) is 10.7. The molecule has 0 N–H and O–H groups in total. The molecule has 0 fully saturated rings. The average Bonchev–Trinajstić information content (AvgIpc) is 2.42. The van der Waals surface area contributed by atoms with Gasteiger partial charge in [0, 0.05) is 14.1 Å². The third kappa shape index (κ3) is 2.57. The second-order valence-corrected chi connectivity index (χ2v) is 5.16. The van der Waals surface area contributed by atoms with Crippen LogP contribution >= 0.6 is 34.8 Å². The maximum Gasteiger partial charge on any atom is 0.333 e. The lowest BCUT2D eigenvalue weighted by molar-refractivity contribution is 0.423.